The van der Waals surface area contributed by atoms with Gasteiger partial charge in [-0.3, -0.25) is 5.10 Å². The SMILES string of the molecule is c1cn2nc(C3CC3)cc2c(Nc2cc(C3CCCC3)[nH]n2)n1. The molecule has 5 rings (SSSR count). The Kier molecular flexibility index (Phi) is 2.89. The van der Waals surface area contributed by atoms with Crippen LogP contribution < -0.4 is 5.32 Å². The first-order chi connectivity index (χ1) is 11.4. The molecule has 2 saturated carbocycles. The molecule has 0 amide bonds. The molecular formula is C17H20N6. The third-order valence-electron chi connectivity index (χ3n) is 5.04. The number of hydrogen-bond acceptors (Lipinski definition) is 4. The number of aromatic amines is 1. The molecule has 0 atom stereocenters. The smallest absolute Gasteiger partial charge is 0.157 e. The average molecular weight is 308 g/mol. The van der Waals surface area contributed by atoms with Crippen LogP contribution in [0.1, 0.15) is 61.7 Å². The van der Waals surface area contributed by atoms with Gasteiger partial charge in [0, 0.05) is 36.0 Å². The molecule has 0 spiro atoms. The highest BCUT2D eigenvalue weighted by molar-refractivity contribution is 5.72. The molecule has 2 fully saturated rings. The Balaban J connectivity index is 1.44. The van der Waals surface area contributed by atoms with E-state index in [1.165, 1.54) is 49.9 Å². The van der Waals surface area contributed by atoms with Gasteiger partial charge in [0.1, 0.15) is 5.52 Å². The highest BCUT2D eigenvalue weighted by Crippen LogP contribution is 2.40. The van der Waals surface area contributed by atoms with Gasteiger partial charge in [0.2, 0.25) is 0 Å². The van der Waals surface area contributed by atoms with E-state index in [9.17, 15) is 0 Å². The summed E-state index contributed by atoms with van der Waals surface area (Å²) < 4.78 is 1.91. The second-order valence-electron chi connectivity index (χ2n) is 6.76. The molecule has 118 valence electrons. The molecule has 2 N–H and O–H groups in total. The molecule has 3 aromatic heterocycles. The minimum absolute atomic E-state index is 0.637. The van der Waals surface area contributed by atoms with E-state index in [0.29, 0.717) is 11.8 Å². The monoisotopic (exact) mass is 308 g/mol. The van der Waals surface area contributed by atoms with E-state index in [1.54, 1.807) is 6.20 Å². The average Bonchev–Trinajstić information content (AvgIpc) is 2.98. The number of anilines is 2. The predicted octanol–water partition coefficient (Wildman–Crippen LogP) is 3.73. The molecule has 3 heterocycles. The summed E-state index contributed by atoms with van der Waals surface area (Å²) in [6, 6.07) is 4.27. The van der Waals surface area contributed by atoms with E-state index in [-0.39, 0.29) is 0 Å². The van der Waals surface area contributed by atoms with E-state index in [1.807, 2.05) is 10.7 Å². The van der Waals surface area contributed by atoms with Crippen molar-refractivity contribution in [1.29, 1.82) is 0 Å². The quantitative estimate of drug-likeness (QED) is 0.770. The first kappa shape index (κ1) is 13.1. The Morgan fingerprint density at radius 2 is 1.96 bits per heavy atom. The van der Waals surface area contributed by atoms with E-state index >= 15 is 0 Å². The van der Waals surface area contributed by atoms with Crippen LogP contribution in [0.2, 0.25) is 0 Å². The fourth-order valence-corrected chi connectivity index (χ4v) is 3.58. The standard InChI is InChI=1S/C17H20N6/c1-2-4-11(3-1)13-10-16(21-20-13)19-17-15-9-14(12-5-6-12)22-23(15)8-7-18-17/h7-12H,1-6H2,(H2,18,19,20,21). The first-order valence-electron chi connectivity index (χ1n) is 8.53. The summed E-state index contributed by atoms with van der Waals surface area (Å²) in [4.78, 5) is 4.48. The Labute approximate surface area is 134 Å². The fourth-order valence-electron chi connectivity index (χ4n) is 3.58. The van der Waals surface area contributed by atoms with Gasteiger partial charge in [0.15, 0.2) is 11.6 Å². The van der Waals surface area contributed by atoms with E-state index in [2.05, 4.69) is 37.7 Å². The second-order valence-corrected chi connectivity index (χ2v) is 6.76. The highest BCUT2D eigenvalue weighted by atomic mass is 15.3. The minimum Gasteiger partial charge on any atom is -0.322 e. The summed E-state index contributed by atoms with van der Waals surface area (Å²) >= 11 is 0. The Morgan fingerprint density at radius 3 is 2.78 bits per heavy atom. The van der Waals surface area contributed by atoms with Crippen LogP contribution in [0.4, 0.5) is 11.6 Å². The molecule has 2 aliphatic rings. The molecule has 2 aliphatic carbocycles. The molecule has 3 aromatic rings. The van der Waals surface area contributed by atoms with Crippen molar-refractivity contribution in [2.75, 3.05) is 5.32 Å². The van der Waals surface area contributed by atoms with Gasteiger partial charge in [-0.05, 0) is 31.7 Å². The highest BCUT2D eigenvalue weighted by Gasteiger charge is 2.27. The maximum atomic E-state index is 4.65. The normalized spacial score (nSPS) is 18.8. The Hall–Kier alpha value is -2.37. The van der Waals surface area contributed by atoms with E-state index in [4.69, 9.17) is 0 Å². The van der Waals surface area contributed by atoms with Crippen molar-refractivity contribution in [1.82, 2.24) is 24.8 Å². The lowest BCUT2D eigenvalue weighted by Crippen LogP contribution is -1.97. The lowest BCUT2D eigenvalue weighted by molar-refractivity contribution is 0.693. The number of nitrogens with zero attached hydrogens (tertiary/aromatic N) is 4. The van der Waals surface area contributed by atoms with Gasteiger partial charge in [-0.1, -0.05) is 12.8 Å². The van der Waals surface area contributed by atoms with E-state index < -0.39 is 0 Å². The Morgan fingerprint density at radius 1 is 1.09 bits per heavy atom. The largest absolute Gasteiger partial charge is 0.322 e. The third kappa shape index (κ3) is 2.38. The summed E-state index contributed by atoms with van der Waals surface area (Å²) in [6.45, 7) is 0. The second kappa shape index (κ2) is 5.08. The lowest BCUT2D eigenvalue weighted by Gasteiger charge is -2.04. The molecule has 23 heavy (non-hydrogen) atoms. The van der Waals surface area contributed by atoms with Crippen molar-refractivity contribution < 1.29 is 0 Å². The topological polar surface area (TPSA) is 70.9 Å². The van der Waals surface area contributed by atoms with Crippen molar-refractivity contribution in [2.45, 2.75) is 50.4 Å². The van der Waals surface area contributed by atoms with Gasteiger partial charge >= 0.3 is 0 Å². The first-order valence-corrected chi connectivity index (χ1v) is 8.53. The maximum Gasteiger partial charge on any atom is 0.157 e. The number of nitrogens with one attached hydrogen (secondary N) is 2. The van der Waals surface area contributed by atoms with Crippen molar-refractivity contribution in [3.8, 4) is 0 Å². The van der Waals surface area contributed by atoms with Crippen molar-refractivity contribution in [3.05, 3.63) is 35.9 Å². The maximum absolute atomic E-state index is 4.65. The molecule has 6 nitrogen and oxygen atoms in total. The zero-order valence-corrected chi connectivity index (χ0v) is 13.0. The van der Waals surface area contributed by atoms with Gasteiger partial charge in [-0.15, -0.1) is 0 Å². The van der Waals surface area contributed by atoms with Gasteiger partial charge in [0.05, 0.1) is 5.69 Å². The molecule has 0 aliphatic heterocycles. The third-order valence-corrected chi connectivity index (χ3v) is 5.04. The summed E-state index contributed by atoms with van der Waals surface area (Å²) in [5, 5.41) is 15.6. The van der Waals surface area contributed by atoms with Crippen LogP contribution in [-0.4, -0.2) is 24.8 Å². The molecular weight excluding hydrogens is 288 g/mol. The van der Waals surface area contributed by atoms with Crippen LogP contribution >= 0.6 is 0 Å². The zero-order valence-electron chi connectivity index (χ0n) is 13.0. The van der Waals surface area contributed by atoms with Crippen molar-refractivity contribution in [2.24, 2.45) is 0 Å². The van der Waals surface area contributed by atoms with E-state index in [0.717, 1.165) is 17.2 Å². The number of fused-ring (bicyclic) bond motifs is 1. The number of hydrogen-bond donors (Lipinski definition) is 2. The van der Waals surface area contributed by atoms with Crippen LogP contribution in [0.5, 0.6) is 0 Å². The number of rotatable bonds is 4. The summed E-state index contributed by atoms with van der Waals surface area (Å²) in [6.07, 6.45) is 11.4. The van der Waals surface area contributed by atoms with Gasteiger partial charge in [-0.2, -0.15) is 10.2 Å². The van der Waals surface area contributed by atoms with Gasteiger partial charge in [0.25, 0.3) is 0 Å². The molecule has 0 saturated heterocycles. The van der Waals surface area contributed by atoms with Crippen LogP contribution in [-0.2, 0) is 0 Å². The molecule has 0 aromatic carbocycles. The fraction of sp³-hybridized carbons (Fsp3) is 0.471. The van der Waals surface area contributed by atoms with Crippen molar-refractivity contribution >= 4 is 17.2 Å². The summed E-state index contributed by atoms with van der Waals surface area (Å²) in [5.74, 6) is 2.93. The summed E-state index contributed by atoms with van der Waals surface area (Å²) in [5.41, 5.74) is 3.43. The molecule has 6 heteroatoms. The lowest BCUT2D eigenvalue weighted by atomic mass is 10.0. The minimum atomic E-state index is 0.637. The molecule has 0 bridgehead atoms. The Bertz CT molecular complexity index is 838. The van der Waals surface area contributed by atoms with Gasteiger partial charge < -0.3 is 5.32 Å². The van der Waals surface area contributed by atoms with Crippen molar-refractivity contribution in [3.63, 3.8) is 0 Å². The van der Waals surface area contributed by atoms with Crippen LogP contribution in [0.15, 0.2) is 24.5 Å². The molecule has 0 unspecified atom stereocenters. The summed E-state index contributed by atoms with van der Waals surface area (Å²) in [7, 11) is 0. The molecule has 0 radical (unpaired) electrons. The number of H-pyrrole nitrogens is 1. The number of aromatic nitrogens is 5. The van der Waals surface area contributed by atoms with Crippen LogP contribution in [0, 0.1) is 0 Å². The van der Waals surface area contributed by atoms with Crippen LogP contribution in [0.3, 0.4) is 0 Å². The predicted molar refractivity (Wildman–Crippen MR) is 88.0 cm³/mol. The zero-order chi connectivity index (χ0) is 15.2. The van der Waals surface area contributed by atoms with Crippen LogP contribution in [0.25, 0.3) is 5.52 Å². The van der Waals surface area contributed by atoms with Gasteiger partial charge in [-0.25, -0.2) is 9.50 Å².